The molecule has 0 bridgehead atoms. The Balaban J connectivity index is 1.47. The van der Waals surface area contributed by atoms with Crippen LogP contribution in [-0.2, 0) is 21.1 Å². The van der Waals surface area contributed by atoms with Gasteiger partial charge in [-0.1, -0.05) is 48.0 Å². The topological polar surface area (TPSA) is 75.7 Å². The maximum absolute atomic E-state index is 13.1. The van der Waals surface area contributed by atoms with Gasteiger partial charge in [-0.05, 0) is 67.6 Å². The smallest absolute Gasteiger partial charge is 0.243 e. The van der Waals surface area contributed by atoms with Crippen molar-refractivity contribution in [3.05, 3.63) is 89.5 Å². The van der Waals surface area contributed by atoms with Crippen LogP contribution in [0.1, 0.15) is 29.5 Å². The fourth-order valence-corrected chi connectivity index (χ4v) is 5.39. The van der Waals surface area contributed by atoms with Gasteiger partial charge in [-0.3, -0.25) is 4.79 Å². The molecule has 1 heterocycles. The van der Waals surface area contributed by atoms with E-state index < -0.39 is 21.8 Å². The first-order valence-electron chi connectivity index (χ1n) is 11.4. The Kier molecular flexibility index (Phi) is 7.22. The van der Waals surface area contributed by atoms with Crippen molar-refractivity contribution >= 4 is 21.4 Å². The molecule has 0 spiro atoms. The van der Waals surface area contributed by atoms with Crippen LogP contribution in [-0.4, -0.2) is 39.9 Å². The van der Waals surface area contributed by atoms with Gasteiger partial charge in [0.25, 0.3) is 0 Å². The first-order valence-corrected chi connectivity index (χ1v) is 13.1. The summed E-state index contributed by atoms with van der Waals surface area (Å²) in [7, 11) is -1.95. The minimum Gasteiger partial charge on any atom is -0.497 e. The molecule has 1 aliphatic heterocycles. The average molecular weight is 479 g/mol. The van der Waals surface area contributed by atoms with Gasteiger partial charge in [0.2, 0.25) is 5.91 Å². The monoisotopic (exact) mass is 478 g/mol. The highest BCUT2D eigenvalue weighted by atomic mass is 32.2. The van der Waals surface area contributed by atoms with E-state index in [2.05, 4.69) is 16.3 Å². The minimum atomic E-state index is -3.60. The Hall–Kier alpha value is -3.32. The number of carbonyl (C=O) groups excluding carboxylic acids is 1. The van der Waals surface area contributed by atoms with Crippen molar-refractivity contribution in [3.63, 3.8) is 0 Å². The summed E-state index contributed by atoms with van der Waals surface area (Å²) in [6.07, 6.45) is 2.29. The molecular formula is C27H30N2O4S. The summed E-state index contributed by atoms with van der Waals surface area (Å²) in [5, 5.41) is 2.68. The van der Waals surface area contributed by atoms with Gasteiger partial charge in [0, 0.05) is 12.2 Å². The summed E-state index contributed by atoms with van der Waals surface area (Å²) in [5.41, 5.74) is 4.27. The van der Waals surface area contributed by atoms with Crippen LogP contribution in [0.15, 0.2) is 77.7 Å². The molecule has 0 aromatic heterocycles. The zero-order valence-electron chi connectivity index (χ0n) is 19.5. The molecule has 1 N–H and O–H groups in total. The Bertz CT molecular complexity index is 1240. The second-order valence-corrected chi connectivity index (χ2v) is 10.6. The molecule has 1 atom stereocenters. The molecule has 0 saturated carbocycles. The number of carbonyl (C=O) groups is 1. The van der Waals surface area contributed by atoms with Gasteiger partial charge < -0.3 is 15.0 Å². The zero-order chi connectivity index (χ0) is 24.1. The summed E-state index contributed by atoms with van der Waals surface area (Å²) in [5.74, 6) is 0.147. The van der Waals surface area contributed by atoms with Gasteiger partial charge in [-0.25, -0.2) is 8.42 Å². The number of nitrogens with one attached hydrogen (secondary N) is 1. The molecule has 34 heavy (non-hydrogen) atoms. The fourth-order valence-electron chi connectivity index (χ4n) is 4.34. The number of nitrogens with zero attached hydrogens (tertiary/aromatic N) is 1. The summed E-state index contributed by atoms with van der Waals surface area (Å²) in [6, 6.07) is 22.3. The first kappa shape index (κ1) is 23.8. The number of anilines is 1. The number of benzene rings is 3. The lowest BCUT2D eigenvalue weighted by Crippen LogP contribution is -2.45. The highest BCUT2D eigenvalue weighted by molar-refractivity contribution is 7.91. The molecule has 3 aromatic rings. The molecule has 1 saturated heterocycles. The first-order chi connectivity index (χ1) is 16.4. The number of hydrogen-bond acceptors (Lipinski definition) is 5. The number of aryl methyl sites for hydroxylation is 1. The van der Waals surface area contributed by atoms with Crippen molar-refractivity contribution in [3.8, 4) is 5.75 Å². The van der Waals surface area contributed by atoms with E-state index in [1.54, 1.807) is 31.4 Å². The summed E-state index contributed by atoms with van der Waals surface area (Å²) in [6.45, 7) is 2.65. The van der Waals surface area contributed by atoms with Crippen LogP contribution >= 0.6 is 0 Å². The van der Waals surface area contributed by atoms with E-state index in [0.717, 1.165) is 47.5 Å². The van der Waals surface area contributed by atoms with Gasteiger partial charge in [0.15, 0.2) is 9.84 Å². The Morgan fingerprint density at radius 1 is 1.03 bits per heavy atom. The lowest BCUT2D eigenvalue weighted by atomic mass is 10.0. The highest BCUT2D eigenvalue weighted by Gasteiger charge is 2.32. The van der Waals surface area contributed by atoms with Crippen molar-refractivity contribution in [2.45, 2.75) is 37.1 Å². The third-order valence-corrected chi connectivity index (χ3v) is 7.74. The van der Waals surface area contributed by atoms with Crippen LogP contribution < -0.4 is 15.0 Å². The maximum Gasteiger partial charge on any atom is 0.243 e. The Morgan fingerprint density at radius 3 is 2.44 bits per heavy atom. The molecule has 6 nitrogen and oxygen atoms in total. The van der Waals surface area contributed by atoms with E-state index in [0.29, 0.717) is 6.42 Å². The largest absolute Gasteiger partial charge is 0.497 e. The quantitative estimate of drug-likeness (QED) is 0.527. The van der Waals surface area contributed by atoms with E-state index in [9.17, 15) is 13.2 Å². The molecule has 0 aliphatic carbocycles. The fraction of sp³-hybridized carbons (Fsp3) is 0.296. The number of sulfone groups is 1. The van der Waals surface area contributed by atoms with Crippen LogP contribution in [0.25, 0.3) is 0 Å². The molecular weight excluding hydrogens is 448 g/mol. The minimum absolute atomic E-state index is 0.214. The number of hydrogen-bond donors (Lipinski definition) is 1. The van der Waals surface area contributed by atoms with E-state index in [-0.39, 0.29) is 10.8 Å². The number of ether oxygens (including phenoxy) is 1. The van der Waals surface area contributed by atoms with Crippen LogP contribution in [0.5, 0.6) is 5.75 Å². The SMILES string of the molecule is COc1ccc(Cc2ccccc2N2CCC[C@@H]2C(=O)NCS(=O)(=O)c2ccc(C)cc2)cc1. The third-order valence-electron chi connectivity index (χ3n) is 6.23. The predicted molar refractivity (Wildman–Crippen MR) is 134 cm³/mol. The predicted octanol–water partition coefficient (Wildman–Crippen LogP) is 4.11. The van der Waals surface area contributed by atoms with E-state index in [1.807, 2.05) is 49.4 Å². The van der Waals surface area contributed by atoms with Gasteiger partial charge in [-0.2, -0.15) is 0 Å². The molecule has 3 aromatic carbocycles. The van der Waals surface area contributed by atoms with Gasteiger partial charge in [-0.15, -0.1) is 0 Å². The van der Waals surface area contributed by atoms with E-state index in [1.165, 1.54) is 0 Å². The van der Waals surface area contributed by atoms with E-state index in [4.69, 9.17) is 4.74 Å². The Labute approximate surface area is 201 Å². The van der Waals surface area contributed by atoms with Crippen LogP contribution in [0, 0.1) is 6.92 Å². The molecule has 7 heteroatoms. The maximum atomic E-state index is 13.1. The van der Waals surface area contributed by atoms with Gasteiger partial charge >= 0.3 is 0 Å². The van der Waals surface area contributed by atoms with Crippen LogP contribution in [0.2, 0.25) is 0 Å². The van der Waals surface area contributed by atoms with Crippen molar-refractivity contribution < 1.29 is 17.9 Å². The summed E-state index contributed by atoms with van der Waals surface area (Å²) < 4.78 is 30.6. The van der Waals surface area contributed by atoms with Gasteiger partial charge in [0.1, 0.15) is 17.7 Å². The van der Waals surface area contributed by atoms with Crippen molar-refractivity contribution in [1.29, 1.82) is 0 Å². The molecule has 0 radical (unpaired) electrons. The van der Waals surface area contributed by atoms with E-state index >= 15 is 0 Å². The normalized spacial score (nSPS) is 15.8. The molecule has 0 unspecified atom stereocenters. The lowest BCUT2D eigenvalue weighted by molar-refractivity contribution is -0.121. The average Bonchev–Trinajstić information content (AvgIpc) is 3.34. The summed E-state index contributed by atoms with van der Waals surface area (Å²) in [4.78, 5) is 15.4. The van der Waals surface area contributed by atoms with Crippen LogP contribution in [0.4, 0.5) is 5.69 Å². The highest BCUT2D eigenvalue weighted by Crippen LogP contribution is 2.30. The molecule has 1 fully saturated rings. The number of para-hydroxylation sites is 1. The number of amides is 1. The second kappa shape index (κ2) is 10.3. The molecule has 1 aliphatic rings. The molecule has 4 rings (SSSR count). The zero-order valence-corrected chi connectivity index (χ0v) is 20.3. The second-order valence-electron chi connectivity index (χ2n) is 8.62. The molecule has 178 valence electrons. The van der Waals surface area contributed by atoms with Crippen LogP contribution in [0.3, 0.4) is 0 Å². The summed E-state index contributed by atoms with van der Waals surface area (Å²) >= 11 is 0. The van der Waals surface area contributed by atoms with Crippen molar-refractivity contribution in [2.24, 2.45) is 0 Å². The Morgan fingerprint density at radius 2 is 1.74 bits per heavy atom. The lowest BCUT2D eigenvalue weighted by Gasteiger charge is -2.28. The van der Waals surface area contributed by atoms with Crippen molar-refractivity contribution in [2.75, 3.05) is 24.4 Å². The van der Waals surface area contributed by atoms with Crippen molar-refractivity contribution in [1.82, 2.24) is 5.32 Å². The number of methoxy groups -OCH3 is 1. The van der Waals surface area contributed by atoms with Gasteiger partial charge in [0.05, 0.1) is 12.0 Å². The molecule has 1 amide bonds. The standard InChI is InChI=1S/C27H30N2O4S/c1-20-9-15-24(16-10-20)34(31,32)19-28-27(30)26-8-5-17-29(26)25-7-4-3-6-22(25)18-21-11-13-23(33-2)14-12-21/h3-4,6-7,9-16,26H,5,8,17-19H2,1-2H3,(H,28,30)/t26-/m1/s1. The third kappa shape index (κ3) is 5.42. The number of rotatable bonds is 8.